The summed E-state index contributed by atoms with van der Waals surface area (Å²) in [5, 5.41) is 3.66. The van der Waals surface area contributed by atoms with Crippen molar-refractivity contribution in [2.75, 3.05) is 5.32 Å². The quantitative estimate of drug-likeness (QED) is 0.796. The van der Waals surface area contributed by atoms with Gasteiger partial charge in [-0.2, -0.15) is 0 Å². The van der Waals surface area contributed by atoms with E-state index in [1.165, 1.54) is 19.3 Å². The number of hydrogen-bond acceptors (Lipinski definition) is 2. The SMILES string of the molecule is CC(C)C1CCC2Oc3ccccc3NC2C1. The molecular formula is C15H21NO. The van der Waals surface area contributed by atoms with Crippen molar-refractivity contribution < 1.29 is 4.74 Å². The van der Waals surface area contributed by atoms with Gasteiger partial charge in [0.15, 0.2) is 0 Å². The molecular weight excluding hydrogens is 210 g/mol. The number of rotatable bonds is 1. The van der Waals surface area contributed by atoms with Crippen LogP contribution in [0.4, 0.5) is 5.69 Å². The van der Waals surface area contributed by atoms with E-state index in [2.05, 4.69) is 37.4 Å². The summed E-state index contributed by atoms with van der Waals surface area (Å²) < 4.78 is 6.10. The van der Waals surface area contributed by atoms with Crippen LogP contribution in [0.1, 0.15) is 33.1 Å². The molecule has 0 radical (unpaired) electrons. The average molecular weight is 231 g/mol. The predicted octanol–water partition coefficient (Wildman–Crippen LogP) is 3.68. The summed E-state index contributed by atoms with van der Waals surface area (Å²) in [6.07, 6.45) is 4.12. The summed E-state index contributed by atoms with van der Waals surface area (Å²) in [5.74, 6) is 2.66. The second-order valence-electron chi connectivity index (χ2n) is 5.72. The van der Waals surface area contributed by atoms with Crippen LogP contribution in [0.25, 0.3) is 0 Å². The molecule has 17 heavy (non-hydrogen) atoms. The molecule has 1 heterocycles. The van der Waals surface area contributed by atoms with Gasteiger partial charge in [0.2, 0.25) is 0 Å². The van der Waals surface area contributed by atoms with Crippen LogP contribution in [0.5, 0.6) is 5.75 Å². The number of benzene rings is 1. The van der Waals surface area contributed by atoms with Crippen LogP contribution < -0.4 is 10.1 Å². The number of fused-ring (bicyclic) bond motifs is 2. The smallest absolute Gasteiger partial charge is 0.142 e. The molecule has 2 aliphatic rings. The first-order chi connectivity index (χ1) is 8.24. The van der Waals surface area contributed by atoms with Gasteiger partial charge in [-0.15, -0.1) is 0 Å². The van der Waals surface area contributed by atoms with E-state index in [4.69, 9.17) is 4.74 Å². The van der Waals surface area contributed by atoms with Crippen molar-refractivity contribution in [1.29, 1.82) is 0 Å². The lowest BCUT2D eigenvalue weighted by Crippen LogP contribution is -2.46. The summed E-state index contributed by atoms with van der Waals surface area (Å²) in [7, 11) is 0. The molecule has 0 saturated heterocycles. The fourth-order valence-electron chi connectivity index (χ4n) is 3.13. The summed E-state index contributed by atoms with van der Waals surface area (Å²) in [6.45, 7) is 4.67. The number of ether oxygens (including phenoxy) is 1. The van der Waals surface area contributed by atoms with Crippen molar-refractivity contribution >= 4 is 5.69 Å². The van der Waals surface area contributed by atoms with E-state index in [9.17, 15) is 0 Å². The minimum absolute atomic E-state index is 0.375. The van der Waals surface area contributed by atoms with Crippen molar-refractivity contribution in [3.8, 4) is 5.75 Å². The molecule has 1 N–H and O–H groups in total. The summed E-state index contributed by atoms with van der Waals surface area (Å²) in [4.78, 5) is 0. The van der Waals surface area contributed by atoms with E-state index in [0.717, 1.165) is 23.3 Å². The minimum Gasteiger partial charge on any atom is -0.486 e. The summed E-state index contributed by atoms with van der Waals surface area (Å²) in [5.41, 5.74) is 1.16. The van der Waals surface area contributed by atoms with E-state index >= 15 is 0 Å². The predicted molar refractivity (Wildman–Crippen MR) is 70.4 cm³/mol. The molecule has 0 bridgehead atoms. The molecule has 92 valence electrons. The molecule has 3 atom stereocenters. The van der Waals surface area contributed by atoms with E-state index in [0.29, 0.717) is 12.1 Å². The molecule has 1 aliphatic carbocycles. The number of hydrogen-bond donors (Lipinski definition) is 1. The molecule has 3 unspecified atom stereocenters. The van der Waals surface area contributed by atoms with Crippen LogP contribution in [0.15, 0.2) is 24.3 Å². The molecule has 2 nitrogen and oxygen atoms in total. The third kappa shape index (κ3) is 2.01. The van der Waals surface area contributed by atoms with Crippen LogP contribution in [-0.4, -0.2) is 12.1 Å². The number of anilines is 1. The van der Waals surface area contributed by atoms with Crippen LogP contribution in [0.2, 0.25) is 0 Å². The Morgan fingerprint density at radius 1 is 1.24 bits per heavy atom. The average Bonchev–Trinajstić information content (AvgIpc) is 2.35. The van der Waals surface area contributed by atoms with Crippen LogP contribution in [0, 0.1) is 11.8 Å². The first kappa shape index (κ1) is 10.9. The van der Waals surface area contributed by atoms with E-state index < -0.39 is 0 Å². The zero-order valence-electron chi connectivity index (χ0n) is 10.6. The highest BCUT2D eigenvalue weighted by atomic mass is 16.5. The standard InChI is InChI=1S/C15H21NO/c1-10(2)11-7-8-15-13(9-11)16-12-5-3-4-6-14(12)17-15/h3-6,10-11,13,15-16H,7-9H2,1-2H3. The third-order valence-electron chi connectivity index (χ3n) is 4.28. The topological polar surface area (TPSA) is 21.3 Å². The van der Waals surface area contributed by atoms with Crippen LogP contribution in [0.3, 0.4) is 0 Å². The Hall–Kier alpha value is -1.18. The molecule has 1 aromatic rings. The Morgan fingerprint density at radius 3 is 2.88 bits per heavy atom. The number of nitrogens with one attached hydrogen (secondary N) is 1. The Kier molecular flexibility index (Phi) is 2.73. The molecule has 3 rings (SSSR count). The lowest BCUT2D eigenvalue weighted by molar-refractivity contribution is 0.0948. The van der Waals surface area contributed by atoms with E-state index in [1.54, 1.807) is 0 Å². The fourth-order valence-corrected chi connectivity index (χ4v) is 3.13. The van der Waals surface area contributed by atoms with Crippen molar-refractivity contribution in [3.05, 3.63) is 24.3 Å². The molecule has 1 fully saturated rings. The van der Waals surface area contributed by atoms with Gasteiger partial charge < -0.3 is 10.1 Å². The second kappa shape index (κ2) is 4.25. The van der Waals surface area contributed by atoms with Gasteiger partial charge in [0.1, 0.15) is 11.9 Å². The molecule has 1 saturated carbocycles. The lowest BCUT2D eigenvalue weighted by atomic mass is 9.77. The Labute approximate surface area is 103 Å². The van der Waals surface area contributed by atoms with Crippen molar-refractivity contribution in [1.82, 2.24) is 0 Å². The monoisotopic (exact) mass is 231 g/mol. The largest absolute Gasteiger partial charge is 0.486 e. The van der Waals surface area contributed by atoms with Gasteiger partial charge in [0.25, 0.3) is 0 Å². The minimum atomic E-state index is 0.375. The highest BCUT2D eigenvalue weighted by Gasteiger charge is 2.36. The maximum atomic E-state index is 6.10. The highest BCUT2D eigenvalue weighted by molar-refractivity contribution is 5.58. The zero-order chi connectivity index (χ0) is 11.8. The Balaban J connectivity index is 1.78. The highest BCUT2D eigenvalue weighted by Crippen LogP contribution is 2.39. The van der Waals surface area contributed by atoms with Crippen LogP contribution in [-0.2, 0) is 0 Å². The van der Waals surface area contributed by atoms with Gasteiger partial charge in [-0.1, -0.05) is 26.0 Å². The zero-order valence-corrected chi connectivity index (χ0v) is 10.6. The van der Waals surface area contributed by atoms with Gasteiger partial charge in [0.05, 0.1) is 11.7 Å². The first-order valence-corrected chi connectivity index (χ1v) is 6.76. The van der Waals surface area contributed by atoms with Gasteiger partial charge in [-0.3, -0.25) is 0 Å². The Bertz CT molecular complexity index is 402. The van der Waals surface area contributed by atoms with Crippen molar-refractivity contribution in [3.63, 3.8) is 0 Å². The summed E-state index contributed by atoms with van der Waals surface area (Å²) >= 11 is 0. The van der Waals surface area contributed by atoms with E-state index in [1.807, 2.05) is 6.07 Å². The molecule has 1 aliphatic heterocycles. The van der Waals surface area contributed by atoms with Gasteiger partial charge in [-0.25, -0.2) is 0 Å². The third-order valence-corrected chi connectivity index (χ3v) is 4.28. The normalized spacial score (nSPS) is 31.1. The van der Waals surface area contributed by atoms with Crippen molar-refractivity contribution in [2.45, 2.75) is 45.3 Å². The van der Waals surface area contributed by atoms with Crippen molar-refractivity contribution in [2.24, 2.45) is 11.8 Å². The number of para-hydroxylation sites is 2. The Morgan fingerprint density at radius 2 is 2.06 bits per heavy atom. The molecule has 0 amide bonds. The fraction of sp³-hybridized carbons (Fsp3) is 0.600. The molecule has 0 aromatic heterocycles. The first-order valence-electron chi connectivity index (χ1n) is 6.76. The van der Waals surface area contributed by atoms with Crippen LogP contribution >= 0.6 is 0 Å². The maximum Gasteiger partial charge on any atom is 0.142 e. The van der Waals surface area contributed by atoms with E-state index in [-0.39, 0.29) is 0 Å². The van der Waals surface area contributed by atoms with Gasteiger partial charge in [-0.05, 0) is 43.2 Å². The molecule has 2 heteroatoms. The molecule has 1 aromatic carbocycles. The lowest BCUT2D eigenvalue weighted by Gasteiger charge is -2.42. The molecule has 0 spiro atoms. The van der Waals surface area contributed by atoms with Gasteiger partial charge in [0, 0.05) is 0 Å². The summed E-state index contributed by atoms with van der Waals surface area (Å²) in [6, 6.07) is 8.79. The van der Waals surface area contributed by atoms with Gasteiger partial charge >= 0.3 is 0 Å². The maximum absolute atomic E-state index is 6.10. The second-order valence-corrected chi connectivity index (χ2v) is 5.72.